The number of halogens is 6. The number of rotatable bonds is 4. The summed E-state index contributed by atoms with van der Waals surface area (Å²) < 4.78 is 113. The number of nitrogens with zero attached hydrogens (tertiary/aromatic N) is 3. The Morgan fingerprint density at radius 1 is 1.08 bits per heavy atom. The van der Waals surface area contributed by atoms with Crippen molar-refractivity contribution in [3.05, 3.63) is 22.8 Å². The summed E-state index contributed by atoms with van der Waals surface area (Å²) in [6, 6.07) is 0. The van der Waals surface area contributed by atoms with Crippen molar-refractivity contribution in [2.45, 2.75) is 30.5 Å². The molecule has 8 nitrogen and oxygen atoms in total. The normalized spacial score (nSPS) is 14.6. The first kappa shape index (κ1) is 23.6. The summed E-state index contributed by atoms with van der Waals surface area (Å²) in [6.45, 7) is 2.07. The van der Waals surface area contributed by atoms with Gasteiger partial charge in [-0.1, -0.05) is 6.92 Å². The van der Waals surface area contributed by atoms with Crippen LogP contribution < -0.4 is 10.3 Å². The minimum atomic E-state index is -6.72. The molecule has 25 heavy (non-hydrogen) atoms. The molecule has 1 rings (SSSR count). The van der Waals surface area contributed by atoms with Crippen LogP contribution in [0.2, 0.25) is 0 Å². The Morgan fingerprint density at radius 2 is 1.48 bits per heavy atom. The molecule has 16 heteroatoms. The Hall–Kier alpha value is -1.39. The van der Waals surface area contributed by atoms with Crippen LogP contribution >= 0.6 is 0 Å². The molecule has 0 bridgehead atoms. The van der Waals surface area contributed by atoms with Gasteiger partial charge in [0.2, 0.25) is 6.33 Å². The van der Waals surface area contributed by atoms with Gasteiger partial charge in [-0.05, 0) is 6.42 Å². The fourth-order valence-electron chi connectivity index (χ4n) is 1.09. The lowest BCUT2D eigenvalue weighted by atomic mass is 10.4. The third-order valence-corrected chi connectivity index (χ3v) is 5.11. The van der Waals surface area contributed by atoms with Gasteiger partial charge in [0.1, 0.15) is 18.6 Å². The fraction of sp³-hybridized carbons (Fsp3) is 0.667. The molecule has 1 aromatic heterocycles. The topological polar surface area (TPSA) is 117 Å². The van der Waals surface area contributed by atoms with E-state index in [1.165, 1.54) is 0 Å². The average Bonchev–Trinajstić information content (AvgIpc) is 2.81. The van der Waals surface area contributed by atoms with Crippen LogP contribution in [0.3, 0.4) is 0 Å². The molecule has 1 unspecified atom stereocenters. The number of nitrogens with two attached hydrogens (primary N) is 1. The second kappa shape index (κ2) is 7.88. The van der Waals surface area contributed by atoms with Crippen molar-refractivity contribution in [3.8, 4) is 0 Å². The zero-order valence-corrected chi connectivity index (χ0v) is 14.3. The third kappa shape index (κ3) is 6.79. The first-order valence-electron chi connectivity index (χ1n) is 6.09. The zero-order chi connectivity index (χ0) is 20.3. The van der Waals surface area contributed by atoms with Gasteiger partial charge in [-0.15, -0.1) is 0 Å². The summed E-state index contributed by atoms with van der Waals surface area (Å²) in [7, 11) is -11.5. The van der Waals surface area contributed by atoms with Crippen molar-refractivity contribution in [1.29, 1.82) is 0 Å². The predicted molar refractivity (Wildman–Crippen MR) is 72.4 cm³/mol. The lowest BCUT2D eigenvalue weighted by Crippen LogP contribution is -2.30. The monoisotopic (exact) mass is 420 g/mol. The van der Waals surface area contributed by atoms with E-state index in [9.17, 15) is 43.2 Å². The highest BCUT2D eigenvalue weighted by atomic mass is 32.3. The highest BCUT2D eigenvalue weighted by molar-refractivity contribution is 8.13. The van der Waals surface area contributed by atoms with Gasteiger partial charge < -0.3 is 4.13 Å². The van der Waals surface area contributed by atoms with E-state index in [1.54, 1.807) is 0 Å². The number of hydrogen-bond acceptors (Lipinski definition) is 5. The maximum Gasteiger partial charge on any atom is 0.480 e. The molecule has 0 aliphatic heterocycles. The highest BCUT2D eigenvalue weighted by Crippen LogP contribution is 2.36. The van der Waals surface area contributed by atoms with E-state index in [2.05, 4.69) is 6.92 Å². The van der Waals surface area contributed by atoms with Crippen molar-refractivity contribution in [2.75, 3.05) is 0 Å². The minimum Gasteiger partial charge on any atom is -0.421 e. The zero-order valence-electron chi connectivity index (χ0n) is 12.7. The van der Waals surface area contributed by atoms with Crippen molar-refractivity contribution in [3.63, 3.8) is 0 Å². The molecule has 148 valence electrons. The van der Waals surface area contributed by atoms with E-state index in [1.807, 2.05) is 34.9 Å². The van der Waals surface area contributed by atoms with E-state index < -0.39 is 31.1 Å². The lowest BCUT2D eigenvalue weighted by molar-refractivity contribution is -0.671. The van der Waals surface area contributed by atoms with Crippen molar-refractivity contribution < 1.29 is 47.7 Å². The van der Waals surface area contributed by atoms with Gasteiger partial charge in [-0.25, -0.2) is 26.0 Å². The molecule has 0 saturated carbocycles. The first-order valence-corrected chi connectivity index (χ1v) is 8.97. The number of imidazole rings is 1. The predicted octanol–water partition coefficient (Wildman–Crippen LogP) is 1.24. The molecule has 0 aromatic carbocycles. The maximum absolute atomic E-state index is 11.4. The van der Waals surface area contributed by atoms with Gasteiger partial charge in [0.25, 0.3) is 0 Å². The number of hydrogen-bond donors (Lipinski definition) is 1. The molecular formula is C9H14F6N4O4S2. The quantitative estimate of drug-likeness (QED) is 0.581. The molecule has 0 saturated heterocycles. The van der Waals surface area contributed by atoms with Crippen LogP contribution in [0.5, 0.6) is 0 Å². The van der Waals surface area contributed by atoms with E-state index in [0.717, 1.165) is 10.5 Å². The molecule has 1 atom stereocenters. The summed E-state index contributed by atoms with van der Waals surface area (Å²) in [5.74, 6) is 0. The number of aromatic nitrogens is 2. The van der Waals surface area contributed by atoms with Crippen LogP contribution in [0.15, 0.2) is 18.7 Å². The smallest absolute Gasteiger partial charge is 0.421 e. The van der Waals surface area contributed by atoms with Crippen molar-refractivity contribution in [2.24, 2.45) is 12.8 Å². The van der Waals surface area contributed by atoms with E-state index in [-0.39, 0.29) is 6.17 Å². The van der Waals surface area contributed by atoms with Crippen LogP contribution in [0.4, 0.5) is 26.3 Å². The summed E-state index contributed by atoms with van der Waals surface area (Å²) in [4.78, 5) is 0. The molecule has 2 N–H and O–H groups in total. The summed E-state index contributed by atoms with van der Waals surface area (Å²) >= 11 is 0. The molecule has 0 amide bonds. The number of sulfonamides is 2. The van der Waals surface area contributed by atoms with Gasteiger partial charge in [0.05, 0.1) is 7.05 Å². The first-order chi connectivity index (χ1) is 10.9. The van der Waals surface area contributed by atoms with Gasteiger partial charge in [0, 0.05) is 0 Å². The van der Waals surface area contributed by atoms with Crippen LogP contribution in [-0.4, -0.2) is 32.4 Å². The van der Waals surface area contributed by atoms with Gasteiger partial charge in [0.15, 0.2) is 20.0 Å². The molecule has 0 aliphatic rings. The van der Waals surface area contributed by atoms with Crippen LogP contribution in [-0.2, 0) is 27.1 Å². The molecule has 1 aromatic rings. The molecular weight excluding hydrogens is 406 g/mol. The van der Waals surface area contributed by atoms with Crippen molar-refractivity contribution in [1.82, 2.24) is 4.57 Å². The van der Waals surface area contributed by atoms with Gasteiger partial charge in [-0.2, -0.15) is 26.3 Å². The minimum absolute atomic E-state index is 0.126. The van der Waals surface area contributed by atoms with Crippen LogP contribution in [0.25, 0.3) is 4.13 Å². The van der Waals surface area contributed by atoms with E-state index >= 15 is 0 Å². The number of alkyl halides is 6. The van der Waals surface area contributed by atoms with E-state index in [0.29, 0.717) is 0 Å². The SMILES string of the molecule is CCC(N)n1cc[n+](C)c1.O=S(=O)([N-]S(=O)(=O)C(F)(F)F)C(F)(F)F. The molecule has 0 radical (unpaired) electrons. The molecule has 1 heterocycles. The Labute approximate surface area is 139 Å². The number of aryl methyl sites for hydroxylation is 1. The second-order valence-electron chi connectivity index (χ2n) is 4.42. The largest absolute Gasteiger partial charge is 0.480 e. The van der Waals surface area contributed by atoms with Crippen LogP contribution in [0, 0.1) is 0 Å². The standard InChI is InChI=1S/C7H14N3.C2F6NO4S2/c1-3-7(8)10-5-4-9(2)6-10;3-1(4,5)14(10,11)9-15(12,13)2(6,7)8/h4-7H,3,8H2,1-2H3;/q+1;-1. The van der Waals surface area contributed by atoms with E-state index in [4.69, 9.17) is 5.73 Å². The highest BCUT2D eigenvalue weighted by Gasteiger charge is 2.46. The average molecular weight is 420 g/mol. The Balaban J connectivity index is 0.000000496. The fourth-order valence-corrected chi connectivity index (χ4v) is 2.80. The lowest BCUT2D eigenvalue weighted by Gasteiger charge is -2.22. The summed E-state index contributed by atoms with van der Waals surface area (Å²) in [5, 5.41) is 0. The Bertz CT molecular complexity index is 727. The molecule has 0 fully saturated rings. The van der Waals surface area contributed by atoms with Crippen LogP contribution in [0.1, 0.15) is 19.5 Å². The van der Waals surface area contributed by atoms with Crippen molar-refractivity contribution >= 4 is 20.0 Å². The second-order valence-corrected chi connectivity index (χ2v) is 7.84. The summed E-state index contributed by atoms with van der Waals surface area (Å²) in [5.41, 5.74) is -6.65. The molecule has 0 spiro atoms. The summed E-state index contributed by atoms with van der Waals surface area (Å²) in [6.07, 6.45) is 7.04. The Morgan fingerprint density at radius 3 is 1.72 bits per heavy atom. The Kier molecular flexibility index (Phi) is 7.44. The third-order valence-electron chi connectivity index (χ3n) is 2.37. The maximum atomic E-state index is 11.4. The van der Waals surface area contributed by atoms with Gasteiger partial charge >= 0.3 is 11.0 Å². The van der Waals surface area contributed by atoms with Gasteiger partial charge in [-0.3, -0.25) is 5.73 Å². The molecule has 0 aliphatic carbocycles.